The van der Waals surface area contributed by atoms with Crippen LogP contribution in [0, 0.1) is 11.3 Å². The van der Waals surface area contributed by atoms with E-state index in [4.69, 9.17) is 0 Å². The van der Waals surface area contributed by atoms with Crippen LogP contribution in [0.1, 0.15) is 11.1 Å². The van der Waals surface area contributed by atoms with Crippen molar-refractivity contribution in [3.63, 3.8) is 0 Å². The van der Waals surface area contributed by atoms with Crippen LogP contribution in [0.3, 0.4) is 0 Å². The van der Waals surface area contributed by atoms with Gasteiger partial charge in [0.25, 0.3) is 0 Å². The fourth-order valence-electron chi connectivity index (χ4n) is 2.91. The van der Waals surface area contributed by atoms with Gasteiger partial charge in [-0.3, -0.25) is 4.98 Å². The number of hydrogen-bond acceptors (Lipinski definition) is 2. The number of aromatic amines is 1. The maximum absolute atomic E-state index is 9.70. The molecule has 3 nitrogen and oxygen atoms in total. The summed E-state index contributed by atoms with van der Waals surface area (Å²) in [4.78, 5) is 7.39. The Labute approximate surface area is 147 Å². The first-order valence-corrected chi connectivity index (χ1v) is 8.27. The van der Waals surface area contributed by atoms with Crippen molar-refractivity contribution in [3.8, 4) is 6.07 Å². The van der Waals surface area contributed by atoms with Crippen molar-refractivity contribution in [2.75, 3.05) is 0 Å². The van der Waals surface area contributed by atoms with Gasteiger partial charge in [-0.15, -0.1) is 0 Å². The van der Waals surface area contributed by atoms with E-state index < -0.39 is 0 Å². The molecule has 0 bridgehead atoms. The molecule has 4 rings (SSSR count). The van der Waals surface area contributed by atoms with Crippen molar-refractivity contribution < 1.29 is 0 Å². The van der Waals surface area contributed by atoms with Crippen LogP contribution >= 0.6 is 15.9 Å². The number of nitrogens with one attached hydrogen (secondary N) is 1. The van der Waals surface area contributed by atoms with Gasteiger partial charge in [0.1, 0.15) is 0 Å². The lowest BCUT2D eigenvalue weighted by atomic mass is 10.00. The molecule has 0 aliphatic carbocycles. The van der Waals surface area contributed by atoms with E-state index in [1.807, 2.05) is 60.9 Å². The zero-order valence-corrected chi connectivity index (χ0v) is 14.2. The number of aromatic nitrogens is 2. The Kier molecular flexibility index (Phi) is 3.64. The molecule has 0 fully saturated rings. The van der Waals surface area contributed by atoms with Gasteiger partial charge in [-0.25, -0.2) is 0 Å². The van der Waals surface area contributed by atoms with Gasteiger partial charge in [0.05, 0.1) is 11.6 Å². The third-order valence-corrected chi connectivity index (χ3v) is 4.56. The Morgan fingerprint density at radius 1 is 1.17 bits per heavy atom. The van der Waals surface area contributed by atoms with Gasteiger partial charge in [-0.1, -0.05) is 34.1 Å². The summed E-state index contributed by atoms with van der Waals surface area (Å²) in [5.41, 5.74) is 3.55. The molecule has 0 amide bonds. The second kappa shape index (κ2) is 5.95. The number of benzene rings is 2. The fraction of sp³-hybridized carbons (Fsp3) is 0. The highest BCUT2D eigenvalue weighted by atomic mass is 79.9. The smallest absolute Gasteiger partial charge is 0.0998 e. The molecule has 0 aliphatic rings. The Morgan fingerprint density at radius 2 is 2.08 bits per heavy atom. The lowest BCUT2D eigenvalue weighted by Crippen LogP contribution is -1.83. The van der Waals surface area contributed by atoms with Crippen molar-refractivity contribution in [3.05, 3.63) is 76.7 Å². The molecule has 4 aromatic rings. The molecule has 24 heavy (non-hydrogen) atoms. The Balaban J connectivity index is 1.93. The van der Waals surface area contributed by atoms with E-state index >= 15 is 0 Å². The summed E-state index contributed by atoms with van der Waals surface area (Å²) in [6, 6.07) is 16.3. The van der Waals surface area contributed by atoms with Gasteiger partial charge in [0.2, 0.25) is 0 Å². The molecule has 4 heteroatoms. The van der Waals surface area contributed by atoms with Crippen LogP contribution in [-0.2, 0) is 0 Å². The van der Waals surface area contributed by atoms with E-state index in [0.29, 0.717) is 5.57 Å². The molecule has 2 aromatic heterocycles. The van der Waals surface area contributed by atoms with Crippen LogP contribution in [-0.4, -0.2) is 9.97 Å². The van der Waals surface area contributed by atoms with E-state index in [1.165, 1.54) is 0 Å². The number of rotatable bonds is 2. The molecule has 0 spiro atoms. The van der Waals surface area contributed by atoms with Gasteiger partial charge in [-0.2, -0.15) is 5.26 Å². The first kappa shape index (κ1) is 14.7. The summed E-state index contributed by atoms with van der Waals surface area (Å²) < 4.78 is 0.990. The van der Waals surface area contributed by atoms with E-state index in [-0.39, 0.29) is 0 Å². The quantitative estimate of drug-likeness (QED) is 0.468. The summed E-state index contributed by atoms with van der Waals surface area (Å²) in [7, 11) is 0. The average Bonchev–Trinajstić information content (AvgIpc) is 3.02. The second-order valence-corrected chi connectivity index (χ2v) is 6.42. The Bertz CT molecular complexity index is 1130. The van der Waals surface area contributed by atoms with Crippen LogP contribution in [0.15, 0.2) is 65.5 Å². The molecule has 1 N–H and O–H groups in total. The maximum Gasteiger partial charge on any atom is 0.0998 e. The monoisotopic (exact) mass is 373 g/mol. The minimum absolute atomic E-state index is 0.628. The standard InChI is InChI=1S/C20H12BrN3/c21-16-4-5-20-18(9-16)19(12-24-20)15(10-22)8-13-2-1-3-14-11-23-7-6-17(13)14/h1-9,11-12,24H/b15-8+. The zero-order chi connectivity index (χ0) is 16.5. The topological polar surface area (TPSA) is 52.5 Å². The molecule has 0 radical (unpaired) electrons. The van der Waals surface area contributed by atoms with Crippen molar-refractivity contribution in [2.24, 2.45) is 0 Å². The predicted octanol–water partition coefficient (Wildman–Crippen LogP) is 5.54. The highest BCUT2D eigenvalue weighted by molar-refractivity contribution is 9.10. The largest absolute Gasteiger partial charge is 0.361 e. The van der Waals surface area contributed by atoms with Crippen molar-refractivity contribution in [2.45, 2.75) is 0 Å². The molecule has 0 aliphatic heterocycles. The first-order valence-electron chi connectivity index (χ1n) is 7.48. The molecule has 0 atom stereocenters. The fourth-order valence-corrected chi connectivity index (χ4v) is 3.28. The van der Waals surface area contributed by atoms with Crippen molar-refractivity contribution in [1.82, 2.24) is 9.97 Å². The third kappa shape index (κ3) is 2.49. The van der Waals surface area contributed by atoms with E-state index in [0.717, 1.165) is 37.3 Å². The van der Waals surface area contributed by atoms with Crippen LogP contribution in [0.4, 0.5) is 0 Å². The first-order chi connectivity index (χ1) is 11.8. The van der Waals surface area contributed by atoms with E-state index in [9.17, 15) is 5.26 Å². The van der Waals surface area contributed by atoms with Gasteiger partial charge >= 0.3 is 0 Å². The van der Waals surface area contributed by atoms with Gasteiger partial charge in [-0.05, 0) is 41.3 Å². The lowest BCUT2D eigenvalue weighted by Gasteiger charge is -2.03. The maximum atomic E-state index is 9.70. The summed E-state index contributed by atoms with van der Waals surface area (Å²) in [6.45, 7) is 0. The lowest BCUT2D eigenvalue weighted by molar-refractivity contribution is 1.36. The highest BCUT2D eigenvalue weighted by Crippen LogP contribution is 2.30. The van der Waals surface area contributed by atoms with Crippen LogP contribution in [0.25, 0.3) is 33.3 Å². The number of halogens is 1. The number of fused-ring (bicyclic) bond motifs is 2. The molecule has 0 saturated carbocycles. The van der Waals surface area contributed by atoms with Crippen LogP contribution in [0.5, 0.6) is 0 Å². The summed E-state index contributed by atoms with van der Waals surface area (Å²) in [5, 5.41) is 12.9. The summed E-state index contributed by atoms with van der Waals surface area (Å²) in [5.74, 6) is 0. The molecule has 114 valence electrons. The number of pyridine rings is 1. The molecule has 2 aromatic carbocycles. The van der Waals surface area contributed by atoms with E-state index in [1.54, 1.807) is 6.20 Å². The number of hydrogen-bond donors (Lipinski definition) is 1. The second-order valence-electron chi connectivity index (χ2n) is 5.51. The Hall–Kier alpha value is -2.90. The number of nitriles is 1. The minimum atomic E-state index is 0.628. The average molecular weight is 374 g/mol. The van der Waals surface area contributed by atoms with Gasteiger partial charge in [0.15, 0.2) is 0 Å². The Morgan fingerprint density at radius 3 is 2.96 bits per heavy atom. The SMILES string of the molecule is N#C/C(=C\c1cccc2cnccc12)c1c[nH]c2ccc(Br)cc12. The minimum Gasteiger partial charge on any atom is -0.361 e. The zero-order valence-electron chi connectivity index (χ0n) is 12.6. The number of H-pyrrole nitrogens is 1. The van der Waals surface area contributed by atoms with Crippen LogP contribution in [0.2, 0.25) is 0 Å². The molecule has 0 saturated heterocycles. The predicted molar refractivity (Wildman–Crippen MR) is 101 cm³/mol. The van der Waals surface area contributed by atoms with Gasteiger partial charge < -0.3 is 4.98 Å². The molecular weight excluding hydrogens is 362 g/mol. The van der Waals surface area contributed by atoms with Gasteiger partial charge in [0, 0.05) is 44.9 Å². The van der Waals surface area contributed by atoms with Crippen LogP contribution < -0.4 is 0 Å². The normalized spacial score (nSPS) is 11.8. The number of nitrogens with zero attached hydrogens (tertiary/aromatic N) is 2. The molecule has 0 unspecified atom stereocenters. The van der Waals surface area contributed by atoms with E-state index in [2.05, 4.69) is 32.0 Å². The number of allylic oxidation sites excluding steroid dienone is 1. The third-order valence-electron chi connectivity index (χ3n) is 4.07. The molecular formula is C20H12BrN3. The van der Waals surface area contributed by atoms with Crippen molar-refractivity contribution >= 4 is 49.3 Å². The molecule has 2 heterocycles. The highest BCUT2D eigenvalue weighted by Gasteiger charge is 2.10. The summed E-state index contributed by atoms with van der Waals surface area (Å²) >= 11 is 3.50. The summed E-state index contributed by atoms with van der Waals surface area (Å²) in [6.07, 6.45) is 7.43. The van der Waals surface area contributed by atoms with Crippen molar-refractivity contribution in [1.29, 1.82) is 5.26 Å².